The maximum absolute atomic E-state index is 14.0. The van der Waals surface area contributed by atoms with E-state index in [4.69, 9.17) is 23.9 Å². The van der Waals surface area contributed by atoms with Gasteiger partial charge in [0.05, 0.1) is 72.0 Å². The number of nitro benzene ring substituents is 4. The quantitative estimate of drug-likeness (QED) is 0.0426. The fourth-order valence-electron chi connectivity index (χ4n) is 7.71. The first-order valence-corrected chi connectivity index (χ1v) is 17.9. The van der Waals surface area contributed by atoms with E-state index in [9.17, 15) is 59.6 Å². The summed E-state index contributed by atoms with van der Waals surface area (Å²) in [5.74, 6) is -2.28. The first-order chi connectivity index (χ1) is 29.1. The van der Waals surface area contributed by atoms with Gasteiger partial charge in [0.1, 0.15) is 12.3 Å². The van der Waals surface area contributed by atoms with Crippen LogP contribution in [-0.2, 0) is 52.1 Å². The van der Waals surface area contributed by atoms with Gasteiger partial charge in [0.15, 0.2) is 0 Å². The summed E-state index contributed by atoms with van der Waals surface area (Å²) in [6, 6.07) is 11.3. The van der Waals surface area contributed by atoms with E-state index in [1.54, 1.807) is 18.2 Å². The zero-order chi connectivity index (χ0) is 43.7. The van der Waals surface area contributed by atoms with Crippen LogP contribution in [0.3, 0.4) is 0 Å². The average Bonchev–Trinajstić information content (AvgIpc) is 3.75. The molecule has 3 aromatic carbocycles. The van der Waals surface area contributed by atoms with Gasteiger partial charge in [-0.15, -0.1) is 0 Å². The lowest BCUT2D eigenvalue weighted by atomic mass is 9.85. The molecule has 0 amide bonds. The van der Waals surface area contributed by atoms with Crippen LogP contribution in [0.15, 0.2) is 64.5 Å². The van der Waals surface area contributed by atoms with Crippen molar-refractivity contribution in [2.24, 2.45) is 5.16 Å². The highest BCUT2D eigenvalue weighted by Gasteiger charge is 2.51. The number of hydrogen-bond donors (Lipinski definition) is 0. The van der Waals surface area contributed by atoms with E-state index in [0.717, 1.165) is 19.1 Å². The number of fused-ring (bicyclic) bond motifs is 8. The fourth-order valence-corrected chi connectivity index (χ4v) is 7.71. The molecule has 23 nitrogen and oxygen atoms in total. The van der Waals surface area contributed by atoms with Crippen LogP contribution in [-0.4, -0.2) is 67.0 Å². The number of ether oxygens (including phenoxy) is 2. The Morgan fingerprint density at radius 2 is 1.59 bits per heavy atom. The maximum Gasteiger partial charge on any atom is 0.377 e. The van der Waals surface area contributed by atoms with E-state index < -0.39 is 106 Å². The Kier molecular flexibility index (Phi) is 9.32. The van der Waals surface area contributed by atoms with Crippen molar-refractivity contribution in [3.05, 3.63) is 133 Å². The molecule has 8 rings (SSSR count). The lowest BCUT2D eigenvalue weighted by Gasteiger charge is -2.36. The van der Waals surface area contributed by atoms with Crippen LogP contribution in [0.5, 0.6) is 0 Å². The Balaban J connectivity index is 1.17. The molecule has 0 spiro atoms. The van der Waals surface area contributed by atoms with Gasteiger partial charge in [-0.05, 0) is 37.0 Å². The number of nitrogens with zero attached hydrogens (tertiary/aromatic N) is 7. The number of benzene rings is 3. The summed E-state index contributed by atoms with van der Waals surface area (Å²) in [5, 5.41) is 52.5. The molecule has 0 saturated carbocycles. The molecular formula is C37H24BN7O16. The smallest absolute Gasteiger partial charge is 0.377 e. The number of carbonyl (C=O) groups is 3. The normalized spacial score (nSPS) is 15.8. The molecule has 2 aliphatic heterocycles. The van der Waals surface area contributed by atoms with Crippen molar-refractivity contribution in [3.8, 4) is 22.5 Å². The van der Waals surface area contributed by atoms with Crippen molar-refractivity contribution in [1.29, 1.82) is 0 Å². The number of non-ortho nitro benzene ring substituents is 2. The van der Waals surface area contributed by atoms with E-state index in [1.807, 2.05) is 6.07 Å². The Labute approximate surface area is 339 Å². The van der Waals surface area contributed by atoms with Crippen molar-refractivity contribution >= 4 is 70.7 Å². The highest BCUT2D eigenvalue weighted by Crippen LogP contribution is 2.50. The lowest BCUT2D eigenvalue weighted by molar-refractivity contribution is -0.395. The van der Waals surface area contributed by atoms with Crippen molar-refractivity contribution in [2.75, 3.05) is 0 Å². The van der Waals surface area contributed by atoms with Gasteiger partial charge >= 0.3 is 19.4 Å². The summed E-state index contributed by atoms with van der Waals surface area (Å²) in [7, 11) is 0.0407. The van der Waals surface area contributed by atoms with E-state index in [0.29, 0.717) is 51.9 Å². The largest absolute Gasteiger partial charge is 0.537 e. The van der Waals surface area contributed by atoms with Crippen LogP contribution in [0, 0.1) is 40.5 Å². The Bertz CT molecular complexity index is 2900. The van der Waals surface area contributed by atoms with Crippen molar-refractivity contribution in [2.45, 2.75) is 45.1 Å². The van der Waals surface area contributed by atoms with Gasteiger partial charge in [-0.3, -0.25) is 50.0 Å². The standard InChI is InChI=1S/C37H24BN7O16/c1-3-37(25-12-29-32-18(13-41(29)34(47)24(25)14-58-36(37)49)6-17-7-19(38-59-15-46)4-5-26(17)39-32)60-35(48)16(2)61-40-33-22-8-20(42(50)51)10-27(44(54)55)30(22)31-23(33)9-21(43(52)53)11-28(31)45(56)57/h4-12,15-16,38H,3,13-14H2,1-2H3/t16-,37+/m1/s1. The third-order valence-electron chi connectivity index (χ3n) is 10.5. The molecule has 24 heteroatoms. The zero-order valence-electron chi connectivity index (χ0n) is 31.3. The molecule has 306 valence electrons. The van der Waals surface area contributed by atoms with E-state index in [1.165, 1.54) is 17.6 Å². The third kappa shape index (κ3) is 6.23. The Morgan fingerprint density at radius 1 is 0.951 bits per heavy atom. The summed E-state index contributed by atoms with van der Waals surface area (Å²) in [6.45, 7) is 2.60. The number of pyridine rings is 2. The van der Waals surface area contributed by atoms with Crippen LogP contribution in [0.2, 0.25) is 0 Å². The number of oxime groups is 1. The highest BCUT2D eigenvalue weighted by molar-refractivity contribution is 6.48. The zero-order valence-corrected chi connectivity index (χ0v) is 31.3. The summed E-state index contributed by atoms with van der Waals surface area (Å²) in [5.41, 5.74) is -6.15. The molecule has 4 heterocycles. The minimum Gasteiger partial charge on any atom is -0.537 e. The Morgan fingerprint density at radius 3 is 2.16 bits per heavy atom. The molecular weight excluding hydrogens is 809 g/mol. The number of carbonyl (C=O) groups excluding carboxylic acids is 3. The molecule has 0 radical (unpaired) electrons. The second-order valence-electron chi connectivity index (χ2n) is 13.9. The number of aromatic nitrogens is 2. The van der Waals surface area contributed by atoms with Crippen LogP contribution < -0.4 is 11.0 Å². The monoisotopic (exact) mass is 833 g/mol. The number of rotatable bonds is 12. The first-order valence-electron chi connectivity index (χ1n) is 17.9. The summed E-state index contributed by atoms with van der Waals surface area (Å²) >= 11 is 0. The van der Waals surface area contributed by atoms with Gasteiger partial charge in [-0.1, -0.05) is 24.2 Å². The van der Waals surface area contributed by atoms with Crippen molar-refractivity contribution in [3.63, 3.8) is 0 Å². The van der Waals surface area contributed by atoms with Crippen molar-refractivity contribution < 1.29 is 53.0 Å². The van der Waals surface area contributed by atoms with E-state index in [-0.39, 0.29) is 31.6 Å². The Hall–Kier alpha value is -8.44. The number of cyclic esters (lactones) is 1. The first kappa shape index (κ1) is 39.4. The number of esters is 2. The molecule has 0 N–H and O–H groups in total. The number of nitro groups is 4. The third-order valence-corrected chi connectivity index (χ3v) is 10.5. The summed E-state index contributed by atoms with van der Waals surface area (Å²) in [6.07, 6.45) is -2.02. The van der Waals surface area contributed by atoms with Crippen molar-refractivity contribution in [1.82, 2.24) is 9.55 Å². The highest BCUT2D eigenvalue weighted by atomic mass is 16.7. The molecule has 0 fully saturated rings. The summed E-state index contributed by atoms with van der Waals surface area (Å²) in [4.78, 5) is 106. The molecule has 5 aromatic rings. The van der Waals surface area contributed by atoms with E-state index >= 15 is 0 Å². The van der Waals surface area contributed by atoms with Crippen LogP contribution in [0.25, 0.3) is 33.4 Å². The second kappa shape index (κ2) is 14.4. The predicted octanol–water partition coefficient (Wildman–Crippen LogP) is 3.25. The van der Waals surface area contributed by atoms with Gasteiger partial charge in [-0.2, -0.15) is 0 Å². The molecule has 2 aromatic heterocycles. The SMILES string of the molecule is CC[C@@]1(OC(=O)[C@@H](C)ON=C2c3cc([N+](=O)[O-])cc([N+](=O)[O-])c3-c3c2cc([N+](=O)[O-])cc3[N+](=O)[O-])C(=O)OCc2c1cc1n(c2=O)Cc2cc3cc(BOC=O)ccc3nc2-1. The molecule has 2 atom stereocenters. The molecule has 1 aliphatic carbocycles. The lowest BCUT2D eigenvalue weighted by Crippen LogP contribution is -2.48. The molecule has 0 bridgehead atoms. The van der Waals surface area contributed by atoms with Crippen LogP contribution >= 0.6 is 0 Å². The topological polar surface area (TPSA) is 308 Å². The minimum atomic E-state index is -2.22. The molecule has 61 heavy (non-hydrogen) atoms. The van der Waals surface area contributed by atoms with Gasteiger partial charge in [0.2, 0.25) is 11.7 Å². The molecule has 3 aliphatic rings. The molecule has 0 unspecified atom stereocenters. The molecule has 0 saturated heterocycles. The minimum absolute atomic E-state index is 0.0167. The van der Waals surface area contributed by atoms with Gasteiger partial charge in [0.25, 0.3) is 34.8 Å². The predicted molar refractivity (Wildman–Crippen MR) is 207 cm³/mol. The maximum atomic E-state index is 14.0. The number of hydrogen-bond acceptors (Lipinski definition) is 18. The van der Waals surface area contributed by atoms with Crippen LogP contribution in [0.1, 0.15) is 48.1 Å². The van der Waals surface area contributed by atoms with E-state index in [2.05, 4.69) is 5.16 Å². The average molecular weight is 833 g/mol. The van der Waals surface area contributed by atoms with Gasteiger partial charge < -0.3 is 23.5 Å². The van der Waals surface area contributed by atoms with Gasteiger partial charge in [0, 0.05) is 39.8 Å². The fraction of sp³-hybridized carbons (Fsp3) is 0.189. The second-order valence-corrected chi connectivity index (χ2v) is 13.9. The van der Waals surface area contributed by atoms with Gasteiger partial charge in [-0.25, -0.2) is 14.6 Å². The van der Waals surface area contributed by atoms with Crippen LogP contribution in [0.4, 0.5) is 22.7 Å². The summed E-state index contributed by atoms with van der Waals surface area (Å²) < 4.78 is 17.5.